The molecule has 1 heterocycles. The maximum atomic E-state index is 6.07. The molecule has 0 saturated heterocycles. The van der Waals surface area contributed by atoms with Crippen molar-refractivity contribution < 1.29 is 9.47 Å². The first-order valence-electron chi connectivity index (χ1n) is 8.33. The number of fused-ring (bicyclic) bond motifs is 1. The van der Waals surface area contributed by atoms with Crippen molar-refractivity contribution in [3.8, 4) is 5.75 Å². The van der Waals surface area contributed by atoms with Gasteiger partial charge in [0.2, 0.25) is 0 Å². The highest BCUT2D eigenvalue weighted by molar-refractivity contribution is 5.41. The van der Waals surface area contributed by atoms with E-state index in [9.17, 15) is 0 Å². The van der Waals surface area contributed by atoms with Gasteiger partial charge < -0.3 is 14.8 Å². The molecule has 21 heavy (non-hydrogen) atoms. The fraction of sp³-hybridized carbons (Fsp3) is 0.667. The predicted molar refractivity (Wildman–Crippen MR) is 84.9 cm³/mol. The molecule has 1 aromatic carbocycles. The zero-order valence-corrected chi connectivity index (χ0v) is 13.3. The van der Waals surface area contributed by atoms with Gasteiger partial charge in [0.1, 0.15) is 5.75 Å². The Balaban J connectivity index is 1.93. The average molecular weight is 289 g/mol. The summed E-state index contributed by atoms with van der Waals surface area (Å²) in [4.78, 5) is 0. The normalized spacial score (nSPS) is 21.6. The van der Waals surface area contributed by atoms with Crippen molar-refractivity contribution in [1.29, 1.82) is 0 Å². The van der Waals surface area contributed by atoms with Crippen LogP contribution in [0.4, 0.5) is 0 Å². The summed E-state index contributed by atoms with van der Waals surface area (Å²) in [6, 6.07) is 6.95. The van der Waals surface area contributed by atoms with Crippen molar-refractivity contribution in [3.63, 3.8) is 0 Å². The number of methoxy groups -OCH3 is 1. The van der Waals surface area contributed by atoms with Crippen molar-refractivity contribution in [3.05, 3.63) is 29.3 Å². The van der Waals surface area contributed by atoms with Crippen molar-refractivity contribution in [2.24, 2.45) is 0 Å². The van der Waals surface area contributed by atoms with E-state index in [2.05, 4.69) is 30.4 Å². The zero-order chi connectivity index (χ0) is 14.7. The summed E-state index contributed by atoms with van der Waals surface area (Å²) in [7, 11) is 1.88. The Morgan fingerprint density at radius 2 is 2.10 bits per heavy atom. The van der Waals surface area contributed by atoms with Gasteiger partial charge in [-0.1, -0.05) is 38.3 Å². The first-order valence-corrected chi connectivity index (χ1v) is 8.33. The number of ether oxygens (including phenoxy) is 2. The highest BCUT2D eigenvalue weighted by Crippen LogP contribution is 2.42. The molecule has 3 heteroatoms. The summed E-state index contributed by atoms with van der Waals surface area (Å²) in [5.74, 6) is 1.06. The SMILES string of the molecule is CCNC(c1ccc2c(c1)CCO2)C1(OC)CCCCC1. The first kappa shape index (κ1) is 14.9. The third-order valence-corrected chi connectivity index (χ3v) is 5.09. The molecule has 1 saturated carbocycles. The minimum Gasteiger partial charge on any atom is -0.493 e. The topological polar surface area (TPSA) is 30.5 Å². The summed E-state index contributed by atoms with van der Waals surface area (Å²) in [6.07, 6.45) is 7.20. The smallest absolute Gasteiger partial charge is 0.122 e. The van der Waals surface area contributed by atoms with Crippen LogP contribution in [0.5, 0.6) is 5.75 Å². The monoisotopic (exact) mass is 289 g/mol. The average Bonchev–Trinajstić information content (AvgIpc) is 3.00. The van der Waals surface area contributed by atoms with Gasteiger partial charge in [-0.25, -0.2) is 0 Å². The van der Waals surface area contributed by atoms with E-state index < -0.39 is 0 Å². The van der Waals surface area contributed by atoms with Crippen LogP contribution in [0.1, 0.15) is 56.2 Å². The molecule has 0 amide bonds. The van der Waals surface area contributed by atoms with Gasteiger partial charge in [0.05, 0.1) is 18.2 Å². The van der Waals surface area contributed by atoms with Gasteiger partial charge in [0, 0.05) is 13.5 Å². The van der Waals surface area contributed by atoms with Crippen molar-refractivity contribution in [2.75, 3.05) is 20.3 Å². The second-order valence-corrected chi connectivity index (χ2v) is 6.29. The third-order valence-electron chi connectivity index (χ3n) is 5.09. The summed E-state index contributed by atoms with van der Waals surface area (Å²) in [5, 5.41) is 3.69. The van der Waals surface area contributed by atoms with E-state index in [-0.39, 0.29) is 11.6 Å². The molecule has 0 radical (unpaired) electrons. The Morgan fingerprint density at radius 3 is 2.81 bits per heavy atom. The van der Waals surface area contributed by atoms with Crippen LogP contribution < -0.4 is 10.1 Å². The summed E-state index contributed by atoms with van der Waals surface area (Å²) in [6.45, 7) is 3.96. The fourth-order valence-corrected chi connectivity index (χ4v) is 3.96. The van der Waals surface area contributed by atoms with Crippen LogP contribution in [0.15, 0.2) is 18.2 Å². The van der Waals surface area contributed by atoms with Gasteiger partial charge in [0.15, 0.2) is 0 Å². The summed E-state index contributed by atoms with van der Waals surface area (Å²) >= 11 is 0. The molecule has 1 fully saturated rings. The molecule has 3 nitrogen and oxygen atoms in total. The van der Waals surface area contributed by atoms with E-state index in [1.54, 1.807) is 0 Å². The van der Waals surface area contributed by atoms with E-state index >= 15 is 0 Å². The summed E-state index contributed by atoms with van der Waals surface area (Å²) in [5.41, 5.74) is 2.64. The molecule has 3 rings (SSSR count). The van der Waals surface area contributed by atoms with E-state index in [4.69, 9.17) is 9.47 Å². The van der Waals surface area contributed by atoms with Crippen molar-refractivity contribution in [2.45, 2.75) is 57.1 Å². The number of benzene rings is 1. The molecular weight excluding hydrogens is 262 g/mol. The van der Waals surface area contributed by atoms with Crippen LogP contribution in [-0.4, -0.2) is 25.9 Å². The lowest BCUT2D eigenvalue weighted by Gasteiger charge is -2.43. The van der Waals surface area contributed by atoms with Crippen LogP contribution in [0.3, 0.4) is 0 Å². The molecule has 116 valence electrons. The predicted octanol–water partition coefficient (Wildman–Crippen LogP) is 3.62. The van der Waals surface area contributed by atoms with Gasteiger partial charge >= 0.3 is 0 Å². The lowest BCUT2D eigenvalue weighted by molar-refractivity contribution is -0.0684. The molecule has 2 aliphatic rings. The van der Waals surface area contributed by atoms with E-state index in [0.717, 1.165) is 38.2 Å². The number of rotatable bonds is 5. The summed E-state index contributed by atoms with van der Waals surface area (Å²) < 4.78 is 11.7. The standard InChI is InChI=1S/C18H27NO2/c1-3-19-17(18(20-2)10-5-4-6-11-18)15-7-8-16-14(13-15)9-12-21-16/h7-8,13,17,19H,3-6,9-12H2,1-2H3. The molecule has 1 atom stereocenters. The lowest BCUT2D eigenvalue weighted by atomic mass is 9.76. The maximum absolute atomic E-state index is 6.07. The van der Waals surface area contributed by atoms with Crippen LogP contribution in [0, 0.1) is 0 Å². The minimum atomic E-state index is -0.0536. The zero-order valence-electron chi connectivity index (χ0n) is 13.3. The van der Waals surface area contributed by atoms with E-state index in [1.807, 2.05) is 7.11 Å². The first-order chi connectivity index (χ1) is 10.3. The number of hydrogen-bond acceptors (Lipinski definition) is 3. The molecule has 0 aromatic heterocycles. The lowest BCUT2D eigenvalue weighted by Crippen LogP contribution is -2.47. The highest BCUT2D eigenvalue weighted by Gasteiger charge is 2.40. The Hall–Kier alpha value is -1.06. The number of nitrogens with one attached hydrogen (secondary N) is 1. The molecule has 1 aliphatic carbocycles. The van der Waals surface area contributed by atoms with Crippen LogP contribution in [0.2, 0.25) is 0 Å². The maximum Gasteiger partial charge on any atom is 0.122 e. The second-order valence-electron chi connectivity index (χ2n) is 6.29. The van der Waals surface area contributed by atoms with Gasteiger partial charge in [-0.05, 0) is 36.6 Å². The number of hydrogen-bond donors (Lipinski definition) is 1. The molecule has 1 aliphatic heterocycles. The second kappa shape index (κ2) is 6.37. The molecule has 1 N–H and O–H groups in total. The quantitative estimate of drug-likeness (QED) is 0.898. The van der Waals surface area contributed by atoms with E-state index in [0.29, 0.717) is 0 Å². The van der Waals surface area contributed by atoms with Gasteiger partial charge in [0.25, 0.3) is 0 Å². The number of likely N-dealkylation sites (N-methyl/N-ethyl adjacent to an activating group) is 1. The molecular formula is C18H27NO2. The van der Waals surface area contributed by atoms with Crippen LogP contribution >= 0.6 is 0 Å². The van der Waals surface area contributed by atoms with Crippen molar-refractivity contribution in [1.82, 2.24) is 5.32 Å². The highest BCUT2D eigenvalue weighted by atomic mass is 16.5. The largest absolute Gasteiger partial charge is 0.493 e. The van der Waals surface area contributed by atoms with Gasteiger partial charge in [-0.15, -0.1) is 0 Å². The molecule has 1 unspecified atom stereocenters. The minimum absolute atomic E-state index is 0.0536. The molecule has 1 aromatic rings. The Labute approximate surface area is 128 Å². The fourth-order valence-electron chi connectivity index (χ4n) is 3.96. The van der Waals surface area contributed by atoms with Gasteiger partial charge in [-0.3, -0.25) is 0 Å². The Morgan fingerprint density at radius 1 is 1.29 bits per heavy atom. The molecule has 0 bridgehead atoms. The van der Waals surface area contributed by atoms with Crippen LogP contribution in [-0.2, 0) is 11.2 Å². The van der Waals surface area contributed by atoms with E-state index in [1.165, 1.54) is 30.4 Å². The third kappa shape index (κ3) is 2.82. The van der Waals surface area contributed by atoms with Gasteiger partial charge in [-0.2, -0.15) is 0 Å². The Kier molecular flexibility index (Phi) is 4.51. The van der Waals surface area contributed by atoms with Crippen molar-refractivity contribution >= 4 is 0 Å². The van der Waals surface area contributed by atoms with Crippen LogP contribution in [0.25, 0.3) is 0 Å². The Bertz CT molecular complexity index is 480. The molecule has 0 spiro atoms.